The van der Waals surface area contributed by atoms with E-state index in [0.717, 1.165) is 11.3 Å². The second kappa shape index (κ2) is 11.2. The van der Waals surface area contributed by atoms with Crippen LogP contribution in [0.25, 0.3) is 0 Å². The van der Waals surface area contributed by atoms with Crippen LogP contribution in [0.15, 0.2) is 54.6 Å². The van der Waals surface area contributed by atoms with Gasteiger partial charge in [-0.25, -0.2) is 0 Å². The molecule has 0 spiro atoms. The van der Waals surface area contributed by atoms with Crippen LogP contribution in [-0.2, 0) is 16.0 Å². The lowest BCUT2D eigenvalue weighted by atomic mass is 10.1. The second-order valence-corrected chi connectivity index (χ2v) is 5.97. The van der Waals surface area contributed by atoms with E-state index < -0.39 is 0 Å². The van der Waals surface area contributed by atoms with E-state index in [-0.39, 0.29) is 11.0 Å². The zero-order valence-corrected chi connectivity index (χ0v) is 15.7. The van der Waals surface area contributed by atoms with Crippen molar-refractivity contribution in [3.8, 4) is 5.75 Å². The third-order valence-corrected chi connectivity index (χ3v) is 3.73. The number of amides is 1. The number of aryl methyl sites for hydroxylation is 1. The first-order chi connectivity index (χ1) is 12.7. The van der Waals surface area contributed by atoms with Gasteiger partial charge in [0.15, 0.2) is 5.11 Å². The average Bonchev–Trinajstić information content (AvgIpc) is 2.65. The van der Waals surface area contributed by atoms with Crippen molar-refractivity contribution in [2.75, 3.05) is 25.1 Å². The second-order valence-electron chi connectivity index (χ2n) is 5.56. The van der Waals surface area contributed by atoms with Crippen molar-refractivity contribution in [2.24, 2.45) is 0 Å². The molecule has 138 valence electrons. The number of hydrogen-bond acceptors (Lipinski definition) is 4. The molecule has 5 nitrogen and oxygen atoms in total. The molecule has 0 aliphatic carbocycles. The number of anilines is 1. The minimum Gasteiger partial charge on any atom is -0.491 e. The Labute approximate surface area is 159 Å². The summed E-state index contributed by atoms with van der Waals surface area (Å²) in [5, 5.41) is 5.97. The molecule has 0 bridgehead atoms. The summed E-state index contributed by atoms with van der Waals surface area (Å²) in [4.78, 5) is 12.0. The van der Waals surface area contributed by atoms with Crippen molar-refractivity contribution in [2.45, 2.75) is 19.8 Å². The Balaban J connectivity index is 1.75. The summed E-state index contributed by atoms with van der Waals surface area (Å²) >= 11 is 5.20. The summed E-state index contributed by atoms with van der Waals surface area (Å²) in [7, 11) is 0. The Morgan fingerprint density at radius 3 is 2.65 bits per heavy atom. The van der Waals surface area contributed by atoms with E-state index in [1.165, 1.54) is 0 Å². The van der Waals surface area contributed by atoms with E-state index in [2.05, 4.69) is 10.6 Å². The monoisotopic (exact) mass is 372 g/mol. The van der Waals surface area contributed by atoms with Crippen LogP contribution in [0.1, 0.15) is 18.9 Å². The minimum atomic E-state index is -0.115. The summed E-state index contributed by atoms with van der Waals surface area (Å²) in [5.41, 5.74) is 1.88. The third-order valence-electron chi connectivity index (χ3n) is 3.53. The lowest BCUT2D eigenvalue weighted by Crippen LogP contribution is -2.34. The molecular formula is C20H24N2O3S. The van der Waals surface area contributed by atoms with Crippen LogP contribution in [0.3, 0.4) is 0 Å². The Morgan fingerprint density at radius 1 is 1.08 bits per heavy atom. The first kappa shape index (κ1) is 19.9. The molecule has 0 unspecified atom stereocenters. The number of ether oxygens (including phenoxy) is 2. The highest BCUT2D eigenvalue weighted by Crippen LogP contribution is 2.17. The van der Waals surface area contributed by atoms with Gasteiger partial charge in [-0.2, -0.15) is 0 Å². The van der Waals surface area contributed by atoms with E-state index in [4.69, 9.17) is 21.7 Å². The van der Waals surface area contributed by atoms with E-state index in [0.29, 0.717) is 38.4 Å². The highest BCUT2D eigenvalue weighted by atomic mass is 32.1. The molecule has 0 atom stereocenters. The maximum atomic E-state index is 12.0. The van der Waals surface area contributed by atoms with Crippen molar-refractivity contribution >= 4 is 28.9 Å². The smallest absolute Gasteiger partial charge is 0.226 e. The summed E-state index contributed by atoms with van der Waals surface area (Å²) in [5.74, 6) is 0.600. The largest absolute Gasteiger partial charge is 0.491 e. The topological polar surface area (TPSA) is 59.6 Å². The highest BCUT2D eigenvalue weighted by molar-refractivity contribution is 7.80. The Hall–Kier alpha value is -2.44. The molecule has 2 aromatic rings. The van der Waals surface area contributed by atoms with Crippen LogP contribution < -0.4 is 15.4 Å². The quantitative estimate of drug-likeness (QED) is 0.521. The molecule has 0 saturated heterocycles. The Morgan fingerprint density at radius 2 is 1.88 bits per heavy atom. The molecule has 1 amide bonds. The molecule has 6 heteroatoms. The fraction of sp³-hybridized carbons (Fsp3) is 0.300. The molecule has 26 heavy (non-hydrogen) atoms. The Bertz CT molecular complexity index is 707. The zero-order chi connectivity index (χ0) is 18.6. The molecule has 0 aliphatic heterocycles. The third kappa shape index (κ3) is 7.63. The lowest BCUT2D eigenvalue weighted by Gasteiger charge is -2.11. The lowest BCUT2D eigenvalue weighted by molar-refractivity contribution is -0.119. The molecule has 2 rings (SSSR count). The first-order valence-electron chi connectivity index (χ1n) is 8.62. The number of benzene rings is 2. The van der Waals surface area contributed by atoms with Crippen LogP contribution in [0, 0.1) is 0 Å². The van der Waals surface area contributed by atoms with Gasteiger partial charge in [0.25, 0.3) is 0 Å². The van der Waals surface area contributed by atoms with Crippen LogP contribution in [-0.4, -0.2) is 30.8 Å². The predicted molar refractivity (Wildman–Crippen MR) is 108 cm³/mol. The van der Waals surface area contributed by atoms with Crippen molar-refractivity contribution < 1.29 is 14.3 Å². The fourth-order valence-electron chi connectivity index (χ4n) is 2.28. The van der Waals surface area contributed by atoms with E-state index in [9.17, 15) is 4.79 Å². The molecular weight excluding hydrogens is 348 g/mol. The van der Waals surface area contributed by atoms with Crippen molar-refractivity contribution in [3.05, 3.63) is 60.2 Å². The minimum absolute atomic E-state index is 0.115. The van der Waals surface area contributed by atoms with E-state index >= 15 is 0 Å². The molecule has 0 aromatic heterocycles. The van der Waals surface area contributed by atoms with Crippen molar-refractivity contribution in [1.29, 1.82) is 0 Å². The number of hydrogen-bond donors (Lipinski definition) is 2. The molecule has 0 heterocycles. The molecule has 0 radical (unpaired) electrons. The van der Waals surface area contributed by atoms with Crippen LogP contribution in [0.2, 0.25) is 0 Å². The van der Waals surface area contributed by atoms with Gasteiger partial charge in [0.2, 0.25) is 5.91 Å². The summed E-state index contributed by atoms with van der Waals surface area (Å²) in [6.07, 6.45) is 1.06. The standard InChI is InChI=1S/C20H24N2O3S/c1-2-24-13-14-25-18-10-6-9-17(15-18)21-20(26)22-19(23)12-11-16-7-4-3-5-8-16/h3-10,15H,2,11-14H2,1H3,(H2,21,22,23,26). The molecule has 2 aromatic carbocycles. The van der Waals surface area contributed by atoms with Gasteiger partial charge in [-0.1, -0.05) is 36.4 Å². The van der Waals surface area contributed by atoms with E-state index in [1.54, 1.807) is 0 Å². The number of carbonyl (C=O) groups excluding carboxylic acids is 1. The summed E-state index contributed by atoms with van der Waals surface area (Å²) in [6.45, 7) is 3.64. The summed E-state index contributed by atoms with van der Waals surface area (Å²) < 4.78 is 10.8. The normalized spacial score (nSPS) is 10.2. The molecule has 0 aliphatic rings. The SMILES string of the molecule is CCOCCOc1cccc(NC(=S)NC(=O)CCc2ccccc2)c1. The van der Waals surface area contributed by atoms with Crippen molar-refractivity contribution in [1.82, 2.24) is 5.32 Å². The van der Waals surface area contributed by atoms with Crippen molar-refractivity contribution in [3.63, 3.8) is 0 Å². The van der Waals surface area contributed by atoms with E-state index in [1.807, 2.05) is 61.5 Å². The van der Waals surface area contributed by atoms with Gasteiger partial charge in [-0.3, -0.25) is 4.79 Å². The predicted octanol–water partition coefficient (Wildman–Crippen LogP) is 3.55. The van der Waals surface area contributed by atoms with Crippen LogP contribution in [0.5, 0.6) is 5.75 Å². The van der Waals surface area contributed by atoms with Gasteiger partial charge in [-0.15, -0.1) is 0 Å². The molecule has 2 N–H and O–H groups in total. The highest BCUT2D eigenvalue weighted by Gasteiger charge is 2.06. The fourth-order valence-corrected chi connectivity index (χ4v) is 2.51. The summed E-state index contributed by atoms with van der Waals surface area (Å²) in [6, 6.07) is 17.3. The number of nitrogens with one attached hydrogen (secondary N) is 2. The van der Waals surface area contributed by atoms with Gasteiger partial charge in [0.05, 0.1) is 6.61 Å². The van der Waals surface area contributed by atoms with Gasteiger partial charge in [-0.05, 0) is 43.3 Å². The first-order valence-corrected chi connectivity index (χ1v) is 9.03. The maximum absolute atomic E-state index is 12.0. The van der Waals surface area contributed by atoms with Gasteiger partial charge in [0.1, 0.15) is 12.4 Å². The van der Waals surface area contributed by atoms with Gasteiger partial charge >= 0.3 is 0 Å². The van der Waals surface area contributed by atoms with Gasteiger partial charge < -0.3 is 20.1 Å². The zero-order valence-electron chi connectivity index (χ0n) is 14.9. The molecule has 0 saturated carbocycles. The Kier molecular flexibility index (Phi) is 8.59. The number of thiocarbonyl (C=S) groups is 1. The maximum Gasteiger partial charge on any atom is 0.226 e. The van der Waals surface area contributed by atoms with Crippen LogP contribution >= 0.6 is 12.2 Å². The number of carbonyl (C=O) groups is 1. The molecule has 0 fully saturated rings. The van der Waals surface area contributed by atoms with Gasteiger partial charge in [0, 0.05) is 24.8 Å². The number of rotatable bonds is 9. The van der Waals surface area contributed by atoms with Crippen LogP contribution in [0.4, 0.5) is 5.69 Å². The average molecular weight is 372 g/mol.